The van der Waals surface area contributed by atoms with Crippen LogP contribution in [0.5, 0.6) is 0 Å². The molecule has 0 heterocycles. The molecule has 0 radical (unpaired) electrons. The third-order valence-electron chi connectivity index (χ3n) is 2.03. The number of nitrogens with zero attached hydrogens (tertiary/aromatic N) is 2. The molecule has 98 valence electrons. The number of anilines is 1. The first-order valence-corrected chi connectivity index (χ1v) is 4.87. The number of ether oxygens (including phenoxy) is 1. The Kier molecular flexibility index (Phi) is 4.16. The van der Waals surface area contributed by atoms with Crippen LogP contribution in [0, 0.1) is 15.9 Å². The summed E-state index contributed by atoms with van der Waals surface area (Å²) >= 11 is 0. The molecule has 7 nitrogen and oxygen atoms in total. The molecule has 0 amide bonds. The highest BCUT2D eigenvalue weighted by Gasteiger charge is 2.22. The number of rotatable bonds is 4. The van der Waals surface area contributed by atoms with E-state index in [0.717, 1.165) is 13.2 Å². The van der Waals surface area contributed by atoms with Gasteiger partial charge in [0.1, 0.15) is 11.5 Å². The van der Waals surface area contributed by atoms with E-state index in [-0.39, 0.29) is 11.3 Å². The molecule has 1 rings (SSSR count). The molecular formula is C10H12FN3O4. The Labute approximate surface area is 102 Å². The number of hydrogen-bond donors (Lipinski definition) is 1. The van der Waals surface area contributed by atoms with Gasteiger partial charge in [-0.25, -0.2) is 14.2 Å². The minimum atomic E-state index is -1.00. The first-order chi connectivity index (χ1) is 8.36. The van der Waals surface area contributed by atoms with Crippen molar-refractivity contribution in [2.45, 2.75) is 0 Å². The van der Waals surface area contributed by atoms with Crippen LogP contribution in [-0.4, -0.2) is 37.1 Å². The Bertz CT molecular complexity index is 490. The lowest BCUT2D eigenvalue weighted by Crippen LogP contribution is -2.21. The van der Waals surface area contributed by atoms with Crippen LogP contribution in [0.15, 0.2) is 12.1 Å². The molecule has 0 saturated carbocycles. The molecule has 1 aromatic rings. The van der Waals surface area contributed by atoms with Gasteiger partial charge in [0.05, 0.1) is 23.7 Å². The summed E-state index contributed by atoms with van der Waals surface area (Å²) in [5, 5.41) is 12.2. The molecule has 18 heavy (non-hydrogen) atoms. The molecule has 0 saturated heterocycles. The zero-order valence-corrected chi connectivity index (χ0v) is 10.1. The van der Waals surface area contributed by atoms with Crippen LogP contribution in [0.4, 0.5) is 15.8 Å². The summed E-state index contributed by atoms with van der Waals surface area (Å²) in [7, 11) is 4.30. The molecule has 0 atom stereocenters. The van der Waals surface area contributed by atoms with Crippen molar-refractivity contribution in [1.82, 2.24) is 5.01 Å². The van der Waals surface area contributed by atoms with Gasteiger partial charge in [-0.2, -0.15) is 0 Å². The summed E-state index contributed by atoms with van der Waals surface area (Å²) in [5.74, 6) is -1.90. The maximum atomic E-state index is 13.5. The van der Waals surface area contributed by atoms with E-state index in [1.54, 1.807) is 14.1 Å². The van der Waals surface area contributed by atoms with Gasteiger partial charge in [-0.1, -0.05) is 0 Å². The van der Waals surface area contributed by atoms with Crippen molar-refractivity contribution >= 4 is 17.3 Å². The zero-order valence-electron chi connectivity index (χ0n) is 10.1. The Hall–Kier alpha value is -2.22. The van der Waals surface area contributed by atoms with Gasteiger partial charge in [0, 0.05) is 14.1 Å². The summed E-state index contributed by atoms with van der Waals surface area (Å²) in [6.07, 6.45) is 0. The number of nitro groups is 1. The number of nitro benzene ring substituents is 1. The number of benzene rings is 1. The number of hydrazine groups is 1. The quantitative estimate of drug-likeness (QED) is 0.498. The average molecular weight is 257 g/mol. The van der Waals surface area contributed by atoms with Crippen molar-refractivity contribution in [1.29, 1.82) is 0 Å². The van der Waals surface area contributed by atoms with Gasteiger partial charge in [0.15, 0.2) is 0 Å². The number of halogens is 1. The molecular weight excluding hydrogens is 245 g/mol. The number of hydrogen-bond acceptors (Lipinski definition) is 6. The molecule has 8 heteroatoms. The Balaban J connectivity index is 3.35. The molecule has 0 aliphatic heterocycles. The summed E-state index contributed by atoms with van der Waals surface area (Å²) in [6, 6.07) is 1.72. The maximum absolute atomic E-state index is 13.5. The molecule has 0 aromatic heterocycles. The van der Waals surface area contributed by atoms with E-state index in [4.69, 9.17) is 0 Å². The van der Waals surface area contributed by atoms with Crippen molar-refractivity contribution in [2.75, 3.05) is 26.6 Å². The average Bonchev–Trinajstić information content (AvgIpc) is 2.29. The van der Waals surface area contributed by atoms with E-state index in [1.165, 1.54) is 5.01 Å². The van der Waals surface area contributed by atoms with Crippen LogP contribution >= 0.6 is 0 Å². The lowest BCUT2D eigenvalue weighted by atomic mass is 10.1. The largest absolute Gasteiger partial charge is 0.465 e. The predicted molar refractivity (Wildman–Crippen MR) is 61.7 cm³/mol. The van der Waals surface area contributed by atoms with E-state index < -0.39 is 22.4 Å². The highest BCUT2D eigenvalue weighted by atomic mass is 19.1. The Morgan fingerprint density at radius 2 is 2.11 bits per heavy atom. The minimum Gasteiger partial charge on any atom is -0.465 e. The number of methoxy groups -OCH3 is 1. The lowest BCUT2D eigenvalue weighted by Gasteiger charge is -2.14. The van der Waals surface area contributed by atoms with E-state index in [2.05, 4.69) is 10.2 Å². The molecule has 0 bridgehead atoms. The summed E-state index contributed by atoms with van der Waals surface area (Å²) < 4.78 is 17.9. The molecule has 0 unspecified atom stereocenters. The van der Waals surface area contributed by atoms with E-state index in [0.29, 0.717) is 6.07 Å². The topological polar surface area (TPSA) is 84.7 Å². The summed E-state index contributed by atoms with van der Waals surface area (Å²) in [5.41, 5.74) is 1.79. The first-order valence-electron chi connectivity index (χ1n) is 4.87. The van der Waals surface area contributed by atoms with Crippen LogP contribution < -0.4 is 5.43 Å². The normalized spacial score (nSPS) is 10.3. The van der Waals surface area contributed by atoms with Crippen LogP contribution in [0.1, 0.15) is 10.4 Å². The molecule has 0 spiro atoms. The smallest absolute Gasteiger partial charge is 0.340 e. The van der Waals surface area contributed by atoms with E-state index in [9.17, 15) is 19.3 Å². The van der Waals surface area contributed by atoms with Gasteiger partial charge in [0.2, 0.25) is 0 Å². The van der Waals surface area contributed by atoms with E-state index >= 15 is 0 Å². The van der Waals surface area contributed by atoms with Gasteiger partial charge in [0.25, 0.3) is 5.69 Å². The lowest BCUT2D eigenvalue weighted by molar-refractivity contribution is -0.384. The number of esters is 1. The van der Waals surface area contributed by atoms with Gasteiger partial charge in [-0.3, -0.25) is 10.1 Å². The SMILES string of the molecule is COC(=O)c1cc(NN(C)C)c([N+](=O)[O-])cc1F. The number of carbonyl (C=O) groups excluding carboxylic acids is 1. The molecule has 0 fully saturated rings. The minimum absolute atomic E-state index is 0.00630. The van der Waals surface area contributed by atoms with Crippen molar-refractivity contribution in [3.05, 3.63) is 33.6 Å². The molecule has 1 aromatic carbocycles. The van der Waals surface area contributed by atoms with Gasteiger partial charge >= 0.3 is 5.97 Å². The van der Waals surface area contributed by atoms with Gasteiger partial charge in [-0.05, 0) is 6.07 Å². The van der Waals surface area contributed by atoms with Crippen molar-refractivity contribution < 1.29 is 18.8 Å². The standard InChI is InChI=1S/C10H12FN3O4/c1-13(2)12-8-4-6(10(15)18-3)7(11)5-9(8)14(16)17/h4-5,12H,1-3H3. The summed E-state index contributed by atoms with van der Waals surface area (Å²) in [6.45, 7) is 0. The fourth-order valence-corrected chi connectivity index (χ4v) is 1.31. The third kappa shape index (κ3) is 2.92. The fourth-order valence-electron chi connectivity index (χ4n) is 1.31. The van der Waals surface area contributed by atoms with Crippen molar-refractivity contribution in [3.63, 3.8) is 0 Å². The Morgan fingerprint density at radius 3 is 2.56 bits per heavy atom. The van der Waals surface area contributed by atoms with Crippen LogP contribution in [0.25, 0.3) is 0 Å². The maximum Gasteiger partial charge on any atom is 0.340 e. The third-order valence-corrected chi connectivity index (χ3v) is 2.03. The fraction of sp³-hybridized carbons (Fsp3) is 0.300. The predicted octanol–water partition coefficient (Wildman–Crippen LogP) is 1.41. The van der Waals surface area contributed by atoms with Gasteiger partial charge < -0.3 is 10.2 Å². The molecule has 0 aliphatic carbocycles. The second kappa shape index (κ2) is 5.41. The number of carbonyl (C=O) groups is 1. The monoisotopic (exact) mass is 257 g/mol. The highest BCUT2D eigenvalue weighted by molar-refractivity contribution is 5.91. The molecule has 1 N–H and O–H groups in total. The van der Waals surface area contributed by atoms with Crippen LogP contribution in [-0.2, 0) is 4.74 Å². The van der Waals surface area contributed by atoms with Crippen LogP contribution in [0.2, 0.25) is 0 Å². The molecule has 0 aliphatic rings. The Morgan fingerprint density at radius 1 is 1.50 bits per heavy atom. The van der Waals surface area contributed by atoms with Crippen LogP contribution in [0.3, 0.4) is 0 Å². The second-order valence-corrected chi connectivity index (χ2v) is 3.60. The highest BCUT2D eigenvalue weighted by Crippen LogP contribution is 2.28. The first kappa shape index (κ1) is 13.8. The van der Waals surface area contributed by atoms with Crippen molar-refractivity contribution in [3.8, 4) is 0 Å². The second-order valence-electron chi connectivity index (χ2n) is 3.60. The van der Waals surface area contributed by atoms with Gasteiger partial charge in [-0.15, -0.1) is 0 Å². The zero-order chi connectivity index (χ0) is 13.9. The summed E-state index contributed by atoms with van der Waals surface area (Å²) in [4.78, 5) is 21.3. The van der Waals surface area contributed by atoms with E-state index in [1.807, 2.05) is 0 Å². The number of nitrogens with one attached hydrogen (secondary N) is 1. The van der Waals surface area contributed by atoms with Crippen molar-refractivity contribution in [2.24, 2.45) is 0 Å².